The van der Waals surface area contributed by atoms with E-state index in [9.17, 15) is 18.0 Å². The smallest absolute Gasteiger partial charge is 0.264 e. The van der Waals surface area contributed by atoms with E-state index in [1.165, 1.54) is 38.3 Å². The van der Waals surface area contributed by atoms with Gasteiger partial charge in [-0.3, -0.25) is 13.9 Å². The Kier molecular flexibility index (Phi) is 9.58. The van der Waals surface area contributed by atoms with Gasteiger partial charge in [-0.15, -0.1) is 0 Å². The van der Waals surface area contributed by atoms with Crippen LogP contribution in [-0.2, 0) is 26.2 Å². The summed E-state index contributed by atoms with van der Waals surface area (Å²) >= 11 is 0. The van der Waals surface area contributed by atoms with Crippen molar-refractivity contribution in [3.63, 3.8) is 0 Å². The number of amides is 2. The molecular weight excluding hydrogens is 518 g/mol. The highest BCUT2D eigenvalue weighted by molar-refractivity contribution is 7.92. The summed E-state index contributed by atoms with van der Waals surface area (Å²) in [7, 11) is 0.266. The van der Waals surface area contributed by atoms with Crippen molar-refractivity contribution in [2.45, 2.75) is 38.3 Å². The lowest BCUT2D eigenvalue weighted by atomic mass is 10.1. The molecule has 0 radical (unpaired) electrons. The maximum Gasteiger partial charge on any atom is 0.264 e. The topological polar surface area (TPSA) is 105 Å². The molecule has 1 atom stereocenters. The van der Waals surface area contributed by atoms with Gasteiger partial charge in [-0.05, 0) is 68.3 Å². The molecule has 10 heteroatoms. The number of anilines is 1. The molecule has 0 bridgehead atoms. The van der Waals surface area contributed by atoms with E-state index < -0.39 is 28.5 Å². The van der Waals surface area contributed by atoms with Gasteiger partial charge in [0.2, 0.25) is 11.8 Å². The number of methoxy groups -OCH3 is 2. The molecule has 0 aliphatic rings. The van der Waals surface area contributed by atoms with Gasteiger partial charge in [0.05, 0.1) is 24.8 Å². The third kappa shape index (κ3) is 6.88. The molecular formula is C29H35N3O6S. The van der Waals surface area contributed by atoms with Gasteiger partial charge in [0.25, 0.3) is 10.0 Å². The Balaban J connectivity index is 2.10. The largest absolute Gasteiger partial charge is 0.497 e. The molecule has 3 rings (SSSR count). The maximum atomic E-state index is 14.0. The summed E-state index contributed by atoms with van der Waals surface area (Å²) in [5, 5.41) is 2.57. The highest BCUT2D eigenvalue weighted by Gasteiger charge is 2.33. The Morgan fingerprint density at radius 1 is 0.923 bits per heavy atom. The SMILES string of the molecule is CNC(=O)[C@H](C)N(Cc1cccc(OC)c1)C(=O)CN(c1cc(C)ccc1OC)S(=O)(=O)c1ccc(C)cc1. The fourth-order valence-corrected chi connectivity index (χ4v) is 5.52. The average molecular weight is 554 g/mol. The number of rotatable bonds is 11. The number of nitrogens with zero attached hydrogens (tertiary/aromatic N) is 2. The normalized spacial score (nSPS) is 11.8. The lowest BCUT2D eigenvalue weighted by molar-refractivity contribution is -0.139. The number of carbonyl (C=O) groups excluding carboxylic acids is 2. The van der Waals surface area contributed by atoms with Crippen molar-refractivity contribution < 1.29 is 27.5 Å². The Hall–Kier alpha value is -4.05. The minimum atomic E-state index is -4.20. The first kappa shape index (κ1) is 29.5. The fraction of sp³-hybridized carbons (Fsp3) is 0.310. The molecule has 0 aromatic heterocycles. The van der Waals surface area contributed by atoms with Gasteiger partial charge in [-0.25, -0.2) is 8.42 Å². The second-order valence-electron chi connectivity index (χ2n) is 9.16. The molecule has 0 aliphatic heterocycles. The number of hydrogen-bond donors (Lipinski definition) is 1. The third-order valence-corrected chi connectivity index (χ3v) is 8.17. The molecule has 3 aromatic rings. The van der Waals surface area contributed by atoms with Gasteiger partial charge in [-0.1, -0.05) is 35.9 Å². The van der Waals surface area contributed by atoms with Crippen molar-refractivity contribution in [2.75, 3.05) is 32.1 Å². The first-order valence-electron chi connectivity index (χ1n) is 12.4. The summed E-state index contributed by atoms with van der Waals surface area (Å²) in [6.07, 6.45) is 0. The maximum absolute atomic E-state index is 14.0. The van der Waals surface area contributed by atoms with Gasteiger partial charge in [0, 0.05) is 13.6 Å². The second kappa shape index (κ2) is 12.7. The monoisotopic (exact) mass is 553 g/mol. The quantitative estimate of drug-likeness (QED) is 0.389. The molecule has 2 amide bonds. The molecule has 0 heterocycles. The van der Waals surface area contributed by atoms with Crippen LogP contribution in [0.1, 0.15) is 23.6 Å². The van der Waals surface area contributed by atoms with Crippen LogP contribution in [0.5, 0.6) is 11.5 Å². The van der Waals surface area contributed by atoms with Crippen LogP contribution in [0.15, 0.2) is 71.6 Å². The minimum Gasteiger partial charge on any atom is -0.497 e. The Morgan fingerprint density at radius 3 is 2.21 bits per heavy atom. The van der Waals surface area contributed by atoms with Crippen LogP contribution in [0.25, 0.3) is 0 Å². The number of ether oxygens (including phenoxy) is 2. The van der Waals surface area contributed by atoms with Gasteiger partial charge in [-0.2, -0.15) is 0 Å². The third-order valence-electron chi connectivity index (χ3n) is 6.39. The predicted molar refractivity (Wildman–Crippen MR) is 151 cm³/mol. The number of carbonyl (C=O) groups is 2. The molecule has 0 unspecified atom stereocenters. The molecule has 0 saturated carbocycles. The van der Waals surface area contributed by atoms with E-state index in [-0.39, 0.29) is 23.0 Å². The van der Waals surface area contributed by atoms with Crippen molar-refractivity contribution >= 4 is 27.5 Å². The lowest BCUT2D eigenvalue weighted by Crippen LogP contribution is -2.50. The number of nitrogens with one attached hydrogen (secondary N) is 1. The molecule has 1 N–H and O–H groups in total. The van der Waals surface area contributed by atoms with E-state index in [0.717, 1.165) is 21.0 Å². The van der Waals surface area contributed by atoms with Crippen LogP contribution >= 0.6 is 0 Å². The van der Waals surface area contributed by atoms with Crippen LogP contribution in [0.4, 0.5) is 5.69 Å². The highest BCUT2D eigenvalue weighted by atomic mass is 32.2. The fourth-order valence-electron chi connectivity index (χ4n) is 4.10. The van der Waals surface area contributed by atoms with Crippen molar-refractivity contribution in [1.29, 1.82) is 0 Å². The van der Waals surface area contributed by atoms with E-state index in [0.29, 0.717) is 11.5 Å². The van der Waals surface area contributed by atoms with Crippen molar-refractivity contribution in [1.82, 2.24) is 10.2 Å². The number of benzene rings is 3. The number of likely N-dealkylation sites (N-methyl/N-ethyl adjacent to an activating group) is 1. The van der Waals surface area contributed by atoms with Gasteiger partial charge >= 0.3 is 0 Å². The molecule has 3 aromatic carbocycles. The predicted octanol–water partition coefficient (Wildman–Crippen LogP) is 3.68. The number of sulfonamides is 1. The molecule has 9 nitrogen and oxygen atoms in total. The van der Waals surface area contributed by atoms with Gasteiger partial charge in [0.15, 0.2) is 0 Å². The summed E-state index contributed by atoms with van der Waals surface area (Å²) in [4.78, 5) is 28.0. The van der Waals surface area contributed by atoms with Gasteiger partial charge < -0.3 is 19.7 Å². The molecule has 0 fully saturated rings. The van der Waals surface area contributed by atoms with Crippen molar-refractivity contribution in [2.24, 2.45) is 0 Å². The van der Waals surface area contributed by atoms with Crippen LogP contribution < -0.4 is 19.1 Å². The molecule has 0 saturated heterocycles. The van der Waals surface area contributed by atoms with Crippen molar-refractivity contribution in [3.8, 4) is 11.5 Å². The Morgan fingerprint density at radius 2 is 1.59 bits per heavy atom. The van der Waals surface area contributed by atoms with Crippen LogP contribution in [-0.4, -0.2) is 59.0 Å². The summed E-state index contributed by atoms with van der Waals surface area (Å²) in [6, 6.07) is 17.8. The minimum absolute atomic E-state index is 0.0307. The zero-order chi connectivity index (χ0) is 28.7. The van der Waals surface area contributed by atoms with E-state index >= 15 is 0 Å². The molecule has 0 aliphatic carbocycles. The summed E-state index contributed by atoms with van der Waals surface area (Å²) in [5.74, 6) is -0.0520. The standard InChI is InChI=1S/C29H35N3O6S/c1-20-10-13-25(14-11-20)39(35,36)32(26-16-21(2)12-15-27(26)38-6)19-28(33)31(22(3)29(34)30-4)18-23-8-7-9-24(17-23)37-5/h7-17,22H,18-19H2,1-6H3,(H,30,34)/t22-/m0/s1. The first-order chi connectivity index (χ1) is 18.5. The number of hydrogen-bond acceptors (Lipinski definition) is 6. The van der Waals surface area contributed by atoms with E-state index in [1.807, 2.05) is 19.9 Å². The first-order valence-corrected chi connectivity index (χ1v) is 13.8. The molecule has 39 heavy (non-hydrogen) atoms. The Bertz CT molecular complexity index is 1420. The molecule has 208 valence electrons. The van der Waals surface area contributed by atoms with Crippen LogP contribution in [0.3, 0.4) is 0 Å². The number of aryl methyl sites for hydroxylation is 2. The molecule has 0 spiro atoms. The summed E-state index contributed by atoms with van der Waals surface area (Å²) < 4.78 is 39.8. The summed E-state index contributed by atoms with van der Waals surface area (Å²) in [6.45, 7) is 4.79. The summed E-state index contributed by atoms with van der Waals surface area (Å²) in [5.41, 5.74) is 2.63. The van der Waals surface area contributed by atoms with Crippen LogP contribution in [0.2, 0.25) is 0 Å². The Labute approximate surface area is 230 Å². The lowest BCUT2D eigenvalue weighted by Gasteiger charge is -2.32. The van der Waals surface area contributed by atoms with E-state index in [1.54, 1.807) is 55.5 Å². The van der Waals surface area contributed by atoms with E-state index in [4.69, 9.17) is 9.47 Å². The van der Waals surface area contributed by atoms with Crippen LogP contribution in [0, 0.1) is 13.8 Å². The van der Waals surface area contributed by atoms with Gasteiger partial charge in [0.1, 0.15) is 24.1 Å². The van der Waals surface area contributed by atoms with Crippen molar-refractivity contribution in [3.05, 3.63) is 83.4 Å². The zero-order valence-electron chi connectivity index (χ0n) is 23.1. The van der Waals surface area contributed by atoms with E-state index in [2.05, 4.69) is 5.32 Å². The average Bonchev–Trinajstić information content (AvgIpc) is 2.93. The highest BCUT2D eigenvalue weighted by Crippen LogP contribution is 2.34. The zero-order valence-corrected chi connectivity index (χ0v) is 23.9. The second-order valence-corrected chi connectivity index (χ2v) is 11.0.